The van der Waals surface area contributed by atoms with Gasteiger partial charge in [0.25, 0.3) is 11.8 Å². The highest BCUT2D eigenvalue weighted by Gasteiger charge is 2.50. The smallest absolute Gasteiger partial charge is 0.287 e. The van der Waals surface area contributed by atoms with Gasteiger partial charge in [-0.15, -0.1) is 11.8 Å². The van der Waals surface area contributed by atoms with Crippen LogP contribution in [0.5, 0.6) is 0 Å². The molecule has 1 saturated heterocycles. The van der Waals surface area contributed by atoms with Crippen molar-refractivity contribution in [3.63, 3.8) is 0 Å². The third-order valence-corrected chi connectivity index (χ3v) is 10.3. The average molecular weight is 685 g/mol. The zero-order valence-corrected chi connectivity index (χ0v) is 29.3. The number of nitrogens with zero attached hydrogens (tertiary/aromatic N) is 1. The van der Waals surface area contributed by atoms with Gasteiger partial charge in [0.15, 0.2) is 11.9 Å². The molecule has 2 heterocycles. The zero-order chi connectivity index (χ0) is 35.3. The molecule has 11 heteroatoms. The van der Waals surface area contributed by atoms with Gasteiger partial charge in [-0.05, 0) is 61.9 Å². The quantitative estimate of drug-likeness (QED) is 0.171. The molecule has 4 aromatic rings. The van der Waals surface area contributed by atoms with Gasteiger partial charge in [-0.1, -0.05) is 86.6 Å². The summed E-state index contributed by atoms with van der Waals surface area (Å²) in [7, 11) is 0. The Morgan fingerprint density at radius 1 is 0.959 bits per heavy atom. The lowest BCUT2D eigenvalue weighted by Crippen LogP contribution is -2.60. The summed E-state index contributed by atoms with van der Waals surface area (Å²) in [5.41, 5.74) is 3.35. The topological polar surface area (TPSA) is 141 Å². The number of rotatable bonds is 12. The highest BCUT2D eigenvalue weighted by Crippen LogP contribution is 2.40. The van der Waals surface area contributed by atoms with Crippen LogP contribution in [0.15, 0.2) is 89.3 Å². The number of hydrogen-bond acceptors (Lipinski definition) is 7. The Balaban J connectivity index is 1.34. The van der Waals surface area contributed by atoms with Gasteiger partial charge in [-0.2, -0.15) is 0 Å². The van der Waals surface area contributed by atoms with Crippen molar-refractivity contribution in [2.45, 2.75) is 76.6 Å². The van der Waals surface area contributed by atoms with Crippen molar-refractivity contribution in [2.24, 2.45) is 5.92 Å². The maximum absolute atomic E-state index is 14.1. The molecule has 0 unspecified atom stereocenters. The Labute approximate surface area is 291 Å². The molecule has 1 aromatic heterocycles. The molecular weight excluding hydrogens is 641 g/mol. The number of aliphatic hydroxyl groups excluding tert-OH is 1. The molecule has 5 rings (SSSR count). The number of furan rings is 1. The first-order valence-electron chi connectivity index (χ1n) is 16.4. The summed E-state index contributed by atoms with van der Waals surface area (Å²) in [6.07, 6.45) is -1.54. The first kappa shape index (κ1) is 35.7. The number of thioether (sulfide) groups is 1. The Kier molecular flexibility index (Phi) is 11.1. The van der Waals surface area contributed by atoms with E-state index in [1.54, 1.807) is 32.0 Å². The summed E-state index contributed by atoms with van der Waals surface area (Å²) in [5, 5.41) is 21.1. The Morgan fingerprint density at radius 3 is 2.33 bits per heavy atom. The fourth-order valence-electron chi connectivity index (χ4n) is 6.07. The van der Waals surface area contributed by atoms with Crippen LogP contribution in [0.2, 0.25) is 0 Å². The summed E-state index contributed by atoms with van der Waals surface area (Å²) in [5.74, 6) is -2.18. The molecule has 258 valence electrons. The van der Waals surface area contributed by atoms with E-state index in [4.69, 9.17) is 4.42 Å². The molecule has 0 saturated carbocycles. The molecule has 4 atom stereocenters. The highest BCUT2D eigenvalue weighted by atomic mass is 32.2. The number of aliphatic hydroxyl groups is 1. The van der Waals surface area contributed by atoms with Gasteiger partial charge in [-0.3, -0.25) is 19.2 Å². The number of amides is 4. The molecule has 4 N–H and O–H groups in total. The number of para-hydroxylation sites is 1. The van der Waals surface area contributed by atoms with Crippen molar-refractivity contribution in [3.05, 3.63) is 107 Å². The van der Waals surface area contributed by atoms with E-state index >= 15 is 0 Å². The Bertz CT molecular complexity index is 1770. The number of carbonyl (C=O) groups is 4. The van der Waals surface area contributed by atoms with Gasteiger partial charge in [0.05, 0.1) is 11.9 Å². The van der Waals surface area contributed by atoms with E-state index in [1.807, 2.05) is 87.5 Å². The van der Waals surface area contributed by atoms with E-state index < -0.39 is 46.7 Å². The molecule has 0 aliphatic carbocycles. The van der Waals surface area contributed by atoms with E-state index in [0.29, 0.717) is 12.1 Å². The van der Waals surface area contributed by atoms with Crippen molar-refractivity contribution in [2.75, 3.05) is 5.88 Å². The van der Waals surface area contributed by atoms with Crippen LogP contribution in [0.25, 0.3) is 11.0 Å². The first-order valence-corrected chi connectivity index (χ1v) is 17.4. The molecule has 1 aliphatic heterocycles. The minimum absolute atomic E-state index is 0.0663. The van der Waals surface area contributed by atoms with E-state index in [0.717, 1.165) is 22.1 Å². The Hall–Kier alpha value is -4.61. The SMILES string of the molecule is Cc1ccccc1CNC(=O)[C@H]1N(C(=O)[C@@H](O)[C@H](Cc2ccccc2)NC(=O)[C@@H](NC(=O)c2cc3ccccc3o2)C(C)C)CSC1(C)C. The summed E-state index contributed by atoms with van der Waals surface area (Å²) >= 11 is 1.45. The minimum Gasteiger partial charge on any atom is -0.451 e. The zero-order valence-electron chi connectivity index (χ0n) is 28.4. The van der Waals surface area contributed by atoms with Gasteiger partial charge >= 0.3 is 0 Å². The monoisotopic (exact) mass is 684 g/mol. The lowest BCUT2D eigenvalue weighted by molar-refractivity contribution is -0.148. The average Bonchev–Trinajstić information content (AvgIpc) is 3.66. The van der Waals surface area contributed by atoms with E-state index in [-0.39, 0.29) is 29.9 Å². The van der Waals surface area contributed by atoms with Gasteiger partial charge < -0.3 is 30.4 Å². The van der Waals surface area contributed by atoms with Crippen molar-refractivity contribution >= 4 is 46.4 Å². The number of carbonyl (C=O) groups excluding carboxylic acids is 4. The van der Waals surface area contributed by atoms with Gasteiger partial charge in [0.2, 0.25) is 11.8 Å². The first-order chi connectivity index (χ1) is 23.4. The fraction of sp³-hybridized carbons (Fsp3) is 0.368. The molecule has 10 nitrogen and oxygen atoms in total. The van der Waals surface area contributed by atoms with Crippen LogP contribution in [0, 0.1) is 12.8 Å². The molecule has 0 bridgehead atoms. The van der Waals surface area contributed by atoms with Crippen molar-refractivity contribution in [3.8, 4) is 0 Å². The van der Waals surface area contributed by atoms with E-state index in [1.165, 1.54) is 16.7 Å². The maximum Gasteiger partial charge on any atom is 0.287 e. The maximum atomic E-state index is 14.1. The molecule has 1 aliphatic rings. The Morgan fingerprint density at radius 2 is 1.63 bits per heavy atom. The highest BCUT2D eigenvalue weighted by molar-refractivity contribution is 8.00. The van der Waals surface area contributed by atoms with Crippen molar-refractivity contribution in [1.29, 1.82) is 0 Å². The van der Waals surface area contributed by atoms with E-state index in [2.05, 4.69) is 16.0 Å². The van der Waals surface area contributed by atoms with Crippen molar-refractivity contribution in [1.82, 2.24) is 20.9 Å². The molecule has 0 radical (unpaired) electrons. The fourth-order valence-corrected chi connectivity index (χ4v) is 7.21. The second-order valence-corrected chi connectivity index (χ2v) is 14.9. The summed E-state index contributed by atoms with van der Waals surface area (Å²) in [4.78, 5) is 56.2. The normalized spacial score (nSPS) is 17.4. The number of benzene rings is 3. The van der Waals surface area contributed by atoms with E-state index in [9.17, 15) is 24.3 Å². The summed E-state index contributed by atoms with van der Waals surface area (Å²) < 4.78 is 5.07. The standard InChI is InChI=1S/C38H44N4O6S/c1-23(2)31(41-34(44)30-20-26-16-11-12-18-29(26)48-30)35(45)40-28(19-25-14-7-6-8-15-25)32(43)37(47)42-22-49-38(4,5)33(42)36(46)39-21-27-17-10-9-13-24(27)3/h6-18,20,23,28,31-33,43H,19,21-22H2,1-5H3,(H,39,46)(H,40,45)(H,41,44)/t28-,31-,32-,33+/m0/s1. The molecule has 3 aromatic carbocycles. The van der Waals surface area contributed by atoms with Crippen LogP contribution in [0.4, 0.5) is 0 Å². The van der Waals surface area contributed by atoms with Crippen LogP contribution >= 0.6 is 11.8 Å². The van der Waals surface area contributed by atoms with Crippen molar-refractivity contribution < 1.29 is 28.7 Å². The third kappa shape index (κ3) is 8.34. The molecular formula is C38H44N4O6S. The molecule has 0 spiro atoms. The summed E-state index contributed by atoms with van der Waals surface area (Å²) in [6.45, 7) is 9.66. The third-order valence-electron chi connectivity index (χ3n) is 8.94. The van der Waals surface area contributed by atoms with Gasteiger partial charge in [0, 0.05) is 16.7 Å². The van der Waals surface area contributed by atoms with Gasteiger partial charge in [-0.25, -0.2) is 0 Å². The largest absolute Gasteiger partial charge is 0.451 e. The predicted molar refractivity (Wildman–Crippen MR) is 191 cm³/mol. The molecule has 4 amide bonds. The predicted octanol–water partition coefficient (Wildman–Crippen LogP) is 4.58. The second kappa shape index (κ2) is 15.3. The van der Waals surface area contributed by atoms with Gasteiger partial charge in [0.1, 0.15) is 17.7 Å². The number of hydrogen-bond donors (Lipinski definition) is 4. The van der Waals surface area contributed by atoms with Crippen LogP contribution in [0.1, 0.15) is 54.9 Å². The lowest BCUT2D eigenvalue weighted by Gasteiger charge is -2.34. The second-order valence-electron chi connectivity index (χ2n) is 13.3. The number of aryl methyl sites for hydroxylation is 1. The molecule has 1 fully saturated rings. The van der Waals surface area contributed by atoms with Crippen LogP contribution in [-0.4, -0.2) is 68.5 Å². The van der Waals surface area contributed by atoms with Crippen LogP contribution < -0.4 is 16.0 Å². The van der Waals surface area contributed by atoms with Crippen LogP contribution in [0.3, 0.4) is 0 Å². The molecule has 49 heavy (non-hydrogen) atoms. The van der Waals surface area contributed by atoms with Crippen LogP contribution in [-0.2, 0) is 27.3 Å². The number of fused-ring (bicyclic) bond motifs is 1. The minimum atomic E-state index is -1.68. The number of nitrogens with one attached hydrogen (secondary N) is 3. The summed E-state index contributed by atoms with van der Waals surface area (Å²) in [6, 6.07) is 22.9. The lowest BCUT2D eigenvalue weighted by atomic mass is 9.96.